The van der Waals surface area contributed by atoms with Gasteiger partial charge in [-0.3, -0.25) is 4.79 Å². The molecule has 2 heterocycles. The first-order chi connectivity index (χ1) is 11.0. The van der Waals surface area contributed by atoms with Crippen LogP contribution in [0.4, 0.5) is 4.39 Å². The van der Waals surface area contributed by atoms with E-state index in [1.807, 2.05) is 0 Å². The van der Waals surface area contributed by atoms with E-state index in [4.69, 9.17) is 0 Å². The second kappa shape index (κ2) is 6.00. The van der Waals surface area contributed by atoms with Crippen LogP contribution in [0.25, 0.3) is 5.69 Å². The molecule has 3 rings (SSSR count). The van der Waals surface area contributed by atoms with Crippen LogP contribution in [0.2, 0.25) is 0 Å². The quantitative estimate of drug-likeness (QED) is 0.899. The highest BCUT2D eigenvalue weighted by Gasteiger charge is 2.28. The maximum absolute atomic E-state index is 13.2. The van der Waals surface area contributed by atoms with Crippen LogP contribution < -0.4 is 5.32 Å². The van der Waals surface area contributed by atoms with Crippen LogP contribution in [0.3, 0.4) is 0 Å². The van der Waals surface area contributed by atoms with Crippen LogP contribution in [0.15, 0.2) is 24.4 Å². The van der Waals surface area contributed by atoms with E-state index in [2.05, 4.69) is 10.4 Å². The fourth-order valence-electron chi connectivity index (χ4n) is 2.82. The Hall–Kier alpha value is -2.41. The largest absolute Gasteiger partial charge is 0.504 e. The number of hydrogen-bond acceptors (Lipinski definition) is 4. The summed E-state index contributed by atoms with van der Waals surface area (Å²) < 4.78 is 14.6. The molecule has 1 aromatic carbocycles. The summed E-state index contributed by atoms with van der Waals surface area (Å²) in [5, 5.41) is 17.5. The van der Waals surface area contributed by atoms with Gasteiger partial charge in [0, 0.05) is 19.6 Å². The number of rotatable bonds is 3. The van der Waals surface area contributed by atoms with Crippen molar-refractivity contribution < 1.29 is 14.3 Å². The van der Waals surface area contributed by atoms with Gasteiger partial charge in [0.25, 0.3) is 5.91 Å². The molecule has 122 valence electrons. The summed E-state index contributed by atoms with van der Waals surface area (Å²) in [7, 11) is 1.71. The fourth-order valence-corrected chi connectivity index (χ4v) is 2.82. The van der Waals surface area contributed by atoms with Crippen molar-refractivity contribution >= 4 is 5.91 Å². The maximum atomic E-state index is 13.2. The van der Waals surface area contributed by atoms with Crippen LogP contribution in [0, 0.1) is 12.7 Å². The molecule has 0 aliphatic carbocycles. The third-order valence-electron chi connectivity index (χ3n) is 4.21. The molecule has 0 bridgehead atoms. The molecule has 1 aromatic heterocycles. The van der Waals surface area contributed by atoms with Crippen LogP contribution in [-0.4, -0.2) is 51.9 Å². The number of nitrogens with one attached hydrogen (secondary N) is 1. The van der Waals surface area contributed by atoms with Crippen molar-refractivity contribution in [3.8, 4) is 11.4 Å². The summed E-state index contributed by atoms with van der Waals surface area (Å²) in [5.74, 6) is -0.848. The molecule has 1 fully saturated rings. The first-order valence-electron chi connectivity index (χ1n) is 7.50. The summed E-state index contributed by atoms with van der Waals surface area (Å²) in [5.41, 5.74) is 1.29. The van der Waals surface area contributed by atoms with Crippen molar-refractivity contribution in [2.45, 2.75) is 19.4 Å². The van der Waals surface area contributed by atoms with Gasteiger partial charge in [-0.2, -0.15) is 5.10 Å². The molecule has 1 aliphatic heterocycles. The van der Waals surface area contributed by atoms with Gasteiger partial charge in [-0.15, -0.1) is 0 Å². The van der Waals surface area contributed by atoms with Gasteiger partial charge >= 0.3 is 0 Å². The number of likely N-dealkylation sites (N-methyl/N-ethyl adjacent to an activating group) is 1. The molecule has 0 spiro atoms. The van der Waals surface area contributed by atoms with Crippen molar-refractivity contribution in [3.63, 3.8) is 0 Å². The number of amides is 1. The molecule has 1 atom stereocenters. The number of nitrogens with zero attached hydrogens (tertiary/aromatic N) is 3. The topological polar surface area (TPSA) is 70.4 Å². The Morgan fingerprint density at radius 3 is 2.96 bits per heavy atom. The molecule has 7 heteroatoms. The zero-order valence-corrected chi connectivity index (χ0v) is 13.1. The van der Waals surface area contributed by atoms with Crippen molar-refractivity contribution in [3.05, 3.63) is 41.5 Å². The predicted molar refractivity (Wildman–Crippen MR) is 83.3 cm³/mol. The Morgan fingerprint density at radius 1 is 1.52 bits per heavy atom. The average Bonchev–Trinajstić information content (AvgIpc) is 3.15. The van der Waals surface area contributed by atoms with Crippen LogP contribution in [0.5, 0.6) is 5.75 Å². The first kappa shape index (κ1) is 15.5. The van der Waals surface area contributed by atoms with E-state index in [0.29, 0.717) is 11.3 Å². The fraction of sp³-hybridized carbons (Fsp3) is 0.375. The lowest BCUT2D eigenvalue weighted by molar-refractivity contribution is 0.0734. The first-order valence-corrected chi connectivity index (χ1v) is 7.50. The molecular weight excluding hydrogens is 299 g/mol. The number of aromatic hydroxyl groups is 1. The molecule has 1 amide bonds. The highest BCUT2D eigenvalue weighted by Crippen LogP contribution is 2.23. The SMILES string of the molecule is Cc1cc(F)ccc1-n1cc(O)c(C(=O)N(C)[C@H]2CCNC2)n1. The van der Waals surface area contributed by atoms with Crippen molar-refractivity contribution in [1.29, 1.82) is 0 Å². The van der Waals surface area contributed by atoms with Gasteiger partial charge in [0.05, 0.1) is 11.9 Å². The summed E-state index contributed by atoms with van der Waals surface area (Å²) in [4.78, 5) is 14.1. The predicted octanol–water partition coefficient (Wildman–Crippen LogP) is 1.46. The van der Waals surface area contributed by atoms with Gasteiger partial charge in [-0.25, -0.2) is 9.07 Å². The molecule has 0 unspecified atom stereocenters. The van der Waals surface area contributed by atoms with Crippen molar-refractivity contribution in [2.24, 2.45) is 0 Å². The number of benzene rings is 1. The van der Waals surface area contributed by atoms with Gasteiger partial charge in [-0.05, 0) is 43.7 Å². The molecule has 2 N–H and O–H groups in total. The van der Waals surface area contributed by atoms with E-state index in [0.717, 1.165) is 19.5 Å². The highest BCUT2D eigenvalue weighted by atomic mass is 19.1. The molecule has 0 saturated carbocycles. The average molecular weight is 318 g/mol. The molecule has 0 radical (unpaired) electrons. The van der Waals surface area contributed by atoms with Crippen LogP contribution >= 0.6 is 0 Å². The van der Waals surface area contributed by atoms with Gasteiger partial charge < -0.3 is 15.3 Å². The number of carbonyl (C=O) groups is 1. The number of carbonyl (C=O) groups excluding carboxylic acids is 1. The lowest BCUT2D eigenvalue weighted by atomic mass is 10.2. The van der Waals surface area contributed by atoms with Crippen LogP contribution in [0.1, 0.15) is 22.5 Å². The summed E-state index contributed by atoms with van der Waals surface area (Å²) in [6, 6.07) is 4.36. The second-order valence-corrected chi connectivity index (χ2v) is 5.80. The Bertz CT molecular complexity index is 738. The molecule has 1 saturated heterocycles. The minimum atomic E-state index is -0.340. The van der Waals surface area contributed by atoms with E-state index in [1.54, 1.807) is 24.9 Å². The van der Waals surface area contributed by atoms with E-state index < -0.39 is 0 Å². The molecule has 23 heavy (non-hydrogen) atoms. The zero-order valence-electron chi connectivity index (χ0n) is 13.1. The van der Waals surface area contributed by atoms with E-state index in [1.165, 1.54) is 23.0 Å². The van der Waals surface area contributed by atoms with Crippen molar-refractivity contribution in [2.75, 3.05) is 20.1 Å². The van der Waals surface area contributed by atoms with Gasteiger partial charge in [-0.1, -0.05) is 0 Å². The number of aryl methyl sites for hydroxylation is 1. The monoisotopic (exact) mass is 318 g/mol. The lowest BCUT2D eigenvalue weighted by Gasteiger charge is -2.22. The number of halogens is 1. The Kier molecular flexibility index (Phi) is 4.04. The zero-order chi connectivity index (χ0) is 16.6. The Morgan fingerprint density at radius 2 is 2.30 bits per heavy atom. The smallest absolute Gasteiger partial charge is 0.278 e. The number of hydrogen-bond donors (Lipinski definition) is 2. The minimum Gasteiger partial charge on any atom is -0.504 e. The lowest BCUT2D eigenvalue weighted by Crippen LogP contribution is -2.38. The van der Waals surface area contributed by atoms with Crippen LogP contribution in [-0.2, 0) is 0 Å². The van der Waals surface area contributed by atoms with E-state index >= 15 is 0 Å². The molecular formula is C16H19FN4O2. The molecule has 1 aliphatic rings. The summed E-state index contributed by atoms with van der Waals surface area (Å²) in [6.45, 7) is 3.35. The van der Waals surface area contributed by atoms with Gasteiger partial charge in [0.2, 0.25) is 0 Å². The minimum absolute atomic E-state index is 0.00289. The third-order valence-corrected chi connectivity index (χ3v) is 4.21. The molecule has 6 nitrogen and oxygen atoms in total. The number of aromatic nitrogens is 2. The van der Waals surface area contributed by atoms with Gasteiger partial charge in [0.1, 0.15) is 5.82 Å². The van der Waals surface area contributed by atoms with Gasteiger partial charge in [0.15, 0.2) is 11.4 Å². The third kappa shape index (κ3) is 2.92. The summed E-state index contributed by atoms with van der Waals surface area (Å²) >= 11 is 0. The Labute approximate surface area is 133 Å². The standard InChI is InChI=1S/C16H19FN4O2/c1-10-7-11(17)3-4-13(10)21-9-14(22)15(19-21)16(23)20(2)12-5-6-18-8-12/h3-4,7,9,12,18,22H,5-6,8H2,1-2H3/t12-/m0/s1. The second-order valence-electron chi connectivity index (χ2n) is 5.80. The van der Waals surface area contributed by atoms with Crippen molar-refractivity contribution in [1.82, 2.24) is 20.0 Å². The summed E-state index contributed by atoms with van der Waals surface area (Å²) in [6.07, 6.45) is 2.25. The maximum Gasteiger partial charge on any atom is 0.278 e. The van der Waals surface area contributed by atoms with E-state index in [-0.39, 0.29) is 29.2 Å². The molecule has 2 aromatic rings. The van der Waals surface area contributed by atoms with E-state index in [9.17, 15) is 14.3 Å². The normalized spacial score (nSPS) is 17.4. The Balaban J connectivity index is 1.90. The highest BCUT2D eigenvalue weighted by molar-refractivity contribution is 5.95.